The van der Waals surface area contributed by atoms with Gasteiger partial charge in [-0.1, -0.05) is 42.1 Å². The van der Waals surface area contributed by atoms with E-state index in [-0.39, 0.29) is 36.2 Å². The summed E-state index contributed by atoms with van der Waals surface area (Å²) in [6.07, 6.45) is 3.58. The Hall–Kier alpha value is -2.86. The van der Waals surface area contributed by atoms with Crippen LogP contribution in [0.5, 0.6) is 0 Å². The molecule has 31 heavy (non-hydrogen) atoms. The summed E-state index contributed by atoms with van der Waals surface area (Å²) < 4.78 is 0. The van der Waals surface area contributed by atoms with E-state index in [0.717, 1.165) is 31.2 Å². The van der Waals surface area contributed by atoms with Crippen molar-refractivity contribution in [1.29, 1.82) is 0 Å². The Morgan fingerprint density at radius 2 is 1.74 bits per heavy atom. The molecule has 0 bridgehead atoms. The molecule has 3 atom stereocenters. The van der Waals surface area contributed by atoms with Gasteiger partial charge in [0.15, 0.2) is 0 Å². The Morgan fingerprint density at radius 1 is 1.06 bits per heavy atom. The summed E-state index contributed by atoms with van der Waals surface area (Å²) in [5.41, 5.74) is 2.19. The van der Waals surface area contributed by atoms with E-state index >= 15 is 0 Å². The van der Waals surface area contributed by atoms with Crippen LogP contribution in [0.1, 0.15) is 48.0 Å². The van der Waals surface area contributed by atoms with Gasteiger partial charge < -0.3 is 15.5 Å². The number of amides is 3. The van der Waals surface area contributed by atoms with Gasteiger partial charge >= 0.3 is 0 Å². The Bertz CT molecular complexity index is 975. The summed E-state index contributed by atoms with van der Waals surface area (Å²) in [4.78, 5) is 40.9. The van der Waals surface area contributed by atoms with Crippen molar-refractivity contribution >= 4 is 35.0 Å². The third-order valence-electron chi connectivity index (χ3n) is 6.09. The van der Waals surface area contributed by atoms with Crippen LogP contribution in [0, 0.1) is 6.92 Å². The van der Waals surface area contributed by atoms with Crippen molar-refractivity contribution < 1.29 is 14.4 Å². The maximum atomic E-state index is 13.5. The number of aryl methyl sites for hydroxylation is 1. The average molecular weight is 440 g/mol. The molecule has 0 aromatic heterocycles. The SMILES string of the molecule is Cc1ccc(C(=O)N2[C@@H](CC(=O)Nc3ccc(Cl)cc3)C(=O)N[C@H]3CCCC[C@@H]32)cc1. The van der Waals surface area contributed by atoms with Gasteiger partial charge in [-0.15, -0.1) is 0 Å². The van der Waals surface area contributed by atoms with Crippen LogP contribution in [0.15, 0.2) is 48.5 Å². The van der Waals surface area contributed by atoms with Gasteiger partial charge in [-0.05, 0) is 56.2 Å². The summed E-state index contributed by atoms with van der Waals surface area (Å²) in [6, 6.07) is 13.1. The predicted octanol–water partition coefficient (Wildman–Crippen LogP) is 3.93. The normalized spacial score (nSPS) is 23.0. The number of nitrogens with one attached hydrogen (secondary N) is 2. The van der Waals surface area contributed by atoms with Crippen LogP contribution in [0.2, 0.25) is 5.02 Å². The van der Waals surface area contributed by atoms with Crippen LogP contribution in [0.3, 0.4) is 0 Å². The monoisotopic (exact) mass is 439 g/mol. The number of carbonyl (C=O) groups excluding carboxylic acids is 3. The molecule has 1 saturated carbocycles. The second-order valence-electron chi connectivity index (χ2n) is 8.32. The minimum Gasteiger partial charge on any atom is -0.349 e. The Morgan fingerprint density at radius 3 is 2.45 bits per heavy atom. The second kappa shape index (κ2) is 9.10. The van der Waals surface area contributed by atoms with Gasteiger partial charge in [0.2, 0.25) is 11.8 Å². The van der Waals surface area contributed by atoms with E-state index in [0.29, 0.717) is 16.3 Å². The van der Waals surface area contributed by atoms with E-state index in [2.05, 4.69) is 10.6 Å². The molecule has 0 radical (unpaired) electrons. The molecule has 3 amide bonds. The summed E-state index contributed by atoms with van der Waals surface area (Å²) in [7, 11) is 0. The van der Waals surface area contributed by atoms with Gasteiger partial charge in [-0.25, -0.2) is 0 Å². The first-order valence-electron chi connectivity index (χ1n) is 10.7. The number of anilines is 1. The lowest BCUT2D eigenvalue weighted by molar-refractivity contribution is -0.135. The first kappa shape index (κ1) is 21.4. The van der Waals surface area contributed by atoms with Crippen molar-refractivity contribution in [1.82, 2.24) is 10.2 Å². The fraction of sp³-hybridized carbons (Fsp3) is 0.375. The fourth-order valence-electron chi connectivity index (χ4n) is 4.50. The highest BCUT2D eigenvalue weighted by atomic mass is 35.5. The van der Waals surface area contributed by atoms with Crippen molar-refractivity contribution in [2.75, 3.05) is 5.32 Å². The van der Waals surface area contributed by atoms with E-state index < -0.39 is 6.04 Å². The van der Waals surface area contributed by atoms with Crippen molar-refractivity contribution in [2.24, 2.45) is 0 Å². The summed E-state index contributed by atoms with van der Waals surface area (Å²) in [5.74, 6) is -0.788. The third-order valence-corrected chi connectivity index (χ3v) is 6.34. The Labute approximate surface area is 187 Å². The second-order valence-corrected chi connectivity index (χ2v) is 8.76. The van der Waals surface area contributed by atoms with E-state index in [4.69, 9.17) is 11.6 Å². The molecule has 2 fully saturated rings. The van der Waals surface area contributed by atoms with Gasteiger partial charge in [-0.3, -0.25) is 14.4 Å². The van der Waals surface area contributed by atoms with Gasteiger partial charge in [0.25, 0.3) is 5.91 Å². The number of rotatable bonds is 4. The molecule has 1 heterocycles. The molecule has 2 aromatic rings. The van der Waals surface area contributed by atoms with Crippen LogP contribution in [-0.4, -0.2) is 40.7 Å². The quantitative estimate of drug-likeness (QED) is 0.757. The number of piperazine rings is 1. The van der Waals surface area contributed by atoms with Crippen LogP contribution in [-0.2, 0) is 9.59 Å². The van der Waals surface area contributed by atoms with Gasteiger partial charge in [-0.2, -0.15) is 0 Å². The van der Waals surface area contributed by atoms with Crippen LogP contribution in [0.4, 0.5) is 5.69 Å². The summed E-state index contributed by atoms with van der Waals surface area (Å²) >= 11 is 5.90. The molecule has 1 saturated heterocycles. The van der Waals surface area contributed by atoms with Crippen LogP contribution < -0.4 is 10.6 Å². The highest BCUT2D eigenvalue weighted by Gasteiger charge is 2.46. The van der Waals surface area contributed by atoms with Crippen LogP contribution >= 0.6 is 11.6 Å². The number of halogens is 1. The van der Waals surface area contributed by atoms with Crippen molar-refractivity contribution in [3.8, 4) is 0 Å². The molecule has 0 unspecified atom stereocenters. The fourth-order valence-corrected chi connectivity index (χ4v) is 4.62. The van der Waals surface area contributed by atoms with Gasteiger partial charge in [0.05, 0.1) is 12.5 Å². The van der Waals surface area contributed by atoms with Crippen molar-refractivity contribution in [3.05, 3.63) is 64.7 Å². The highest BCUT2D eigenvalue weighted by Crippen LogP contribution is 2.31. The molecular weight excluding hydrogens is 414 g/mol. The number of hydrogen-bond acceptors (Lipinski definition) is 3. The Balaban J connectivity index is 1.58. The van der Waals surface area contributed by atoms with Crippen molar-refractivity contribution in [3.63, 3.8) is 0 Å². The Kier molecular flexibility index (Phi) is 6.28. The molecule has 2 aromatic carbocycles. The lowest BCUT2D eigenvalue weighted by Gasteiger charge is -2.48. The number of fused-ring (bicyclic) bond motifs is 1. The lowest BCUT2D eigenvalue weighted by Crippen LogP contribution is -2.68. The topological polar surface area (TPSA) is 78.5 Å². The zero-order valence-corrected chi connectivity index (χ0v) is 18.2. The maximum absolute atomic E-state index is 13.5. The van der Waals surface area contributed by atoms with Gasteiger partial charge in [0, 0.05) is 22.3 Å². The smallest absolute Gasteiger partial charge is 0.254 e. The minimum atomic E-state index is -0.847. The number of nitrogens with zero attached hydrogens (tertiary/aromatic N) is 1. The largest absolute Gasteiger partial charge is 0.349 e. The molecule has 1 aliphatic heterocycles. The summed E-state index contributed by atoms with van der Waals surface area (Å²) in [6.45, 7) is 1.96. The zero-order valence-electron chi connectivity index (χ0n) is 17.4. The zero-order chi connectivity index (χ0) is 22.0. The van der Waals surface area contributed by atoms with E-state index in [9.17, 15) is 14.4 Å². The molecule has 2 aliphatic rings. The van der Waals surface area contributed by atoms with E-state index in [1.807, 2.05) is 19.1 Å². The van der Waals surface area contributed by atoms with Gasteiger partial charge in [0.1, 0.15) is 6.04 Å². The first-order chi connectivity index (χ1) is 14.9. The number of benzene rings is 2. The number of carbonyl (C=O) groups is 3. The minimum absolute atomic E-state index is 0.0637. The van der Waals surface area contributed by atoms with E-state index in [1.165, 1.54) is 0 Å². The van der Waals surface area contributed by atoms with Crippen LogP contribution in [0.25, 0.3) is 0 Å². The average Bonchev–Trinajstić information content (AvgIpc) is 2.76. The molecule has 4 rings (SSSR count). The molecule has 6 nitrogen and oxygen atoms in total. The molecule has 7 heteroatoms. The molecule has 1 aliphatic carbocycles. The molecule has 162 valence electrons. The standard InChI is InChI=1S/C24H26ClN3O3/c1-15-6-8-16(9-7-15)24(31)28-20-5-3-2-4-19(20)27-23(30)21(28)14-22(29)26-18-12-10-17(25)11-13-18/h6-13,19-21H,2-5,14H2,1H3,(H,26,29)(H,27,30)/t19-,20-,21-/m0/s1. The first-order valence-corrected chi connectivity index (χ1v) is 11.1. The lowest BCUT2D eigenvalue weighted by atomic mass is 9.84. The van der Waals surface area contributed by atoms with Crippen molar-refractivity contribution in [2.45, 2.75) is 57.2 Å². The molecule has 2 N–H and O–H groups in total. The third kappa shape index (κ3) is 4.74. The highest BCUT2D eigenvalue weighted by molar-refractivity contribution is 6.30. The predicted molar refractivity (Wildman–Crippen MR) is 120 cm³/mol. The molecular formula is C24H26ClN3O3. The maximum Gasteiger partial charge on any atom is 0.254 e. The summed E-state index contributed by atoms with van der Waals surface area (Å²) in [5, 5.41) is 6.43. The number of hydrogen-bond donors (Lipinski definition) is 2. The van der Waals surface area contributed by atoms with E-state index in [1.54, 1.807) is 41.3 Å². The molecule has 0 spiro atoms.